The second-order valence-corrected chi connectivity index (χ2v) is 7.84. The van der Waals surface area contributed by atoms with Gasteiger partial charge in [-0.1, -0.05) is 11.6 Å². The molecule has 1 aromatic heterocycles. The molecular weight excluding hydrogens is 432 g/mol. The Bertz CT molecular complexity index is 1150. The molecular formula is C22H23ClN6O3. The number of hydrogen-bond acceptors (Lipinski definition) is 7. The van der Waals surface area contributed by atoms with Crippen LogP contribution < -0.4 is 26.0 Å². The summed E-state index contributed by atoms with van der Waals surface area (Å²) in [6, 6.07) is 8.68. The predicted molar refractivity (Wildman–Crippen MR) is 125 cm³/mol. The third-order valence-electron chi connectivity index (χ3n) is 4.98. The number of amides is 2. The third-order valence-corrected chi connectivity index (χ3v) is 5.31. The van der Waals surface area contributed by atoms with Crippen molar-refractivity contribution in [3.8, 4) is 5.75 Å². The van der Waals surface area contributed by atoms with Crippen LogP contribution in [0.2, 0.25) is 5.02 Å². The van der Waals surface area contributed by atoms with E-state index in [-0.39, 0.29) is 12.0 Å². The number of benzene rings is 2. The first-order valence-corrected chi connectivity index (χ1v) is 10.6. The molecule has 1 fully saturated rings. The van der Waals surface area contributed by atoms with Crippen LogP contribution in [0, 0.1) is 0 Å². The molecule has 32 heavy (non-hydrogen) atoms. The molecule has 0 spiro atoms. The van der Waals surface area contributed by atoms with Gasteiger partial charge in [-0.3, -0.25) is 9.59 Å². The molecule has 0 saturated carbocycles. The van der Waals surface area contributed by atoms with Gasteiger partial charge in [-0.15, -0.1) is 0 Å². The van der Waals surface area contributed by atoms with Crippen molar-refractivity contribution in [3.05, 3.63) is 41.6 Å². The Morgan fingerprint density at radius 1 is 1.19 bits per heavy atom. The number of carbonyl (C=O) groups excluding carboxylic acids is 2. The first-order chi connectivity index (χ1) is 15.5. The van der Waals surface area contributed by atoms with Crippen molar-refractivity contribution < 1.29 is 14.3 Å². The van der Waals surface area contributed by atoms with Crippen LogP contribution in [-0.2, 0) is 9.59 Å². The Hall–Kier alpha value is -3.43. The summed E-state index contributed by atoms with van der Waals surface area (Å²) in [4.78, 5) is 31.3. The Morgan fingerprint density at radius 3 is 2.69 bits per heavy atom. The first kappa shape index (κ1) is 21.8. The molecule has 0 atom stereocenters. The van der Waals surface area contributed by atoms with Crippen LogP contribution in [-0.4, -0.2) is 41.5 Å². The highest BCUT2D eigenvalue weighted by Gasteiger charge is 2.17. The monoisotopic (exact) mass is 454 g/mol. The average molecular weight is 455 g/mol. The van der Waals surface area contributed by atoms with E-state index >= 15 is 0 Å². The van der Waals surface area contributed by atoms with E-state index in [0.717, 1.165) is 25.9 Å². The fourth-order valence-corrected chi connectivity index (χ4v) is 3.77. The quantitative estimate of drug-likeness (QED) is 0.402. The first-order valence-electron chi connectivity index (χ1n) is 10.2. The predicted octanol–water partition coefficient (Wildman–Crippen LogP) is 3.68. The van der Waals surface area contributed by atoms with Crippen LogP contribution in [0.5, 0.6) is 5.75 Å². The van der Waals surface area contributed by atoms with E-state index in [1.165, 1.54) is 6.92 Å². The average Bonchev–Trinajstić information content (AvgIpc) is 2.76. The highest BCUT2D eigenvalue weighted by Crippen LogP contribution is 2.32. The minimum Gasteiger partial charge on any atom is -0.488 e. The maximum absolute atomic E-state index is 11.5. The van der Waals surface area contributed by atoms with Gasteiger partial charge in [0.05, 0.1) is 5.02 Å². The molecule has 2 amide bonds. The molecule has 0 aliphatic carbocycles. The summed E-state index contributed by atoms with van der Waals surface area (Å²) in [5.74, 6) is 0.750. The van der Waals surface area contributed by atoms with Crippen LogP contribution >= 0.6 is 11.6 Å². The fraction of sp³-hybridized carbons (Fsp3) is 0.273. The van der Waals surface area contributed by atoms with Gasteiger partial charge in [-0.25, -0.2) is 9.97 Å². The van der Waals surface area contributed by atoms with Crippen molar-refractivity contribution in [1.82, 2.24) is 15.3 Å². The highest BCUT2D eigenvalue weighted by atomic mass is 35.5. The molecule has 1 aliphatic heterocycles. The highest BCUT2D eigenvalue weighted by molar-refractivity contribution is 6.35. The number of nitrogens with zero attached hydrogens (tertiary/aromatic N) is 2. The molecule has 1 aliphatic rings. The van der Waals surface area contributed by atoms with Crippen LogP contribution in [0.15, 0.2) is 36.5 Å². The molecule has 3 aromatic rings. The Balaban J connectivity index is 1.66. The SMILES string of the molecule is CC(=O)Nc1cc(NC=O)cc(Nc2ncc3c(Cl)ccc(OC4CCNCC4)c3n2)c1. The molecule has 10 heteroatoms. The lowest BCUT2D eigenvalue weighted by Gasteiger charge is -2.24. The summed E-state index contributed by atoms with van der Waals surface area (Å²) in [7, 11) is 0. The number of halogens is 1. The topological polar surface area (TPSA) is 117 Å². The lowest BCUT2D eigenvalue weighted by Crippen LogP contribution is -2.34. The molecule has 0 radical (unpaired) electrons. The molecule has 4 N–H and O–H groups in total. The largest absolute Gasteiger partial charge is 0.488 e. The summed E-state index contributed by atoms with van der Waals surface area (Å²) in [5.41, 5.74) is 2.22. The molecule has 2 aromatic carbocycles. The number of fused-ring (bicyclic) bond motifs is 1. The molecule has 0 bridgehead atoms. The van der Waals surface area contributed by atoms with Crippen LogP contribution in [0.25, 0.3) is 10.9 Å². The van der Waals surface area contributed by atoms with E-state index in [1.54, 1.807) is 30.5 Å². The van der Waals surface area contributed by atoms with Crippen molar-refractivity contribution >= 4 is 57.8 Å². The summed E-state index contributed by atoms with van der Waals surface area (Å²) in [5, 5.41) is 13.0. The fourth-order valence-electron chi connectivity index (χ4n) is 3.57. The molecule has 166 valence electrons. The normalized spacial score (nSPS) is 14.1. The van der Waals surface area contributed by atoms with E-state index in [4.69, 9.17) is 16.3 Å². The Kier molecular flexibility index (Phi) is 6.67. The van der Waals surface area contributed by atoms with Crippen molar-refractivity contribution in [2.45, 2.75) is 25.9 Å². The summed E-state index contributed by atoms with van der Waals surface area (Å²) in [6.07, 6.45) is 4.16. The van der Waals surface area contributed by atoms with E-state index in [0.29, 0.717) is 51.1 Å². The van der Waals surface area contributed by atoms with Gasteiger partial charge in [0.2, 0.25) is 18.3 Å². The number of nitrogens with one attached hydrogen (secondary N) is 4. The van der Waals surface area contributed by atoms with Crippen LogP contribution in [0.1, 0.15) is 19.8 Å². The number of hydrogen-bond donors (Lipinski definition) is 4. The van der Waals surface area contributed by atoms with Crippen molar-refractivity contribution in [2.75, 3.05) is 29.0 Å². The zero-order chi connectivity index (χ0) is 22.5. The molecule has 9 nitrogen and oxygen atoms in total. The summed E-state index contributed by atoms with van der Waals surface area (Å²) in [6.45, 7) is 3.24. The van der Waals surface area contributed by atoms with Crippen LogP contribution in [0.4, 0.5) is 23.0 Å². The molecule has 2 heterocycles. The maximum Gasteiger partial charge on any atom is 0.227 e. The number of ether oxygens (including phenoxy) is 1. The number of carbonyl (C=O) groups is 2. The number of aromatic nitrogens is 2. The lowest BCUT2D eigenvalue weighted by molar-refractivity contribution is -0.114. The smallest absolute Gasteiger partial charge is 0.227 e. The van der Waals surface area contributed by atoms with Gasteiger partial charge < -0.3 is 26.0 Å². The van der Waals surface area contributed by atoms with Gasteiger partial charge in [0.25, 0.3) is 0 Å². The third kappa shape index (κ3) is 5.24. The Labute approximate surface area is 189 Å². The minimum atomic E-state index is -0.226. The number of anilines is 4. The van der Waals surface area contributed by atoms with Crippen molar-refractivity contribution in [1.29, 1.82) is 0 Å². The summed E-state index contributed by atoms with van der Waals surface area (Å²) < 4.78 is 6.23. The van der Waals surface area contributed by atoms with Gasteiger partial charge in [0.1, 0.15) is 17.4 Å². The maximum atomic E-state index is 11.5. The van der Waals surface area contributed by atoms with Crippen molar-refractivity contribution in [2.24, 2.45) is 0 Å². The second-order valence-electron chi connectivity index (χ2n) is 7.44. The minimum absolute atomic E-state index is 0.110. The Morgan fingerprint density at radius 2 is 1.94 bits per heavy atom. The lowest BCUT2D eigenvalue weighted by atomic mass is 10.1. The van der Waals surface area contributed by atoms with E-state index in [1.807, 2.05) is 6.07 Å². The number of piperidine rings is 1. The van der Waals surface area contributed by atoms with Gasteiger partial charge in [0, 0.05) is 35.6 Å². The van der Waals surface area contributed by atoms with Gasteiger partial charge in [-0.05, 0) is 56.3 Å². The number of rotatable bonds is 7. The van der Waals surface area contributed by atoms with Gasteiger partial charge >= 0.3 is 0 Å². The van der Waals surface area contributed by atoms with Crippen LogP contribution in [0.3, 0.4) is 0 Å². The summed E-state index contributed by atoms with van der Waals surface area (Å²) >= 11 is 6.36. The van der Waals surface area contributed by atoms with Crippen molar-refractivity contribution in [3.63, 3.8) is 0 Å². The standard InChI is InChI=1S/C22H23ClN6O3/c1-13(31)27-15-8-14(26-12-30)9-16(10-15)28-22-25-11-18-19(23)2-3-20(21(18)29-22)32-17-4-6-24-7-5-17/h2-3,8-12,17,24H,4-7H2,1H3,(H,26,30)(H,27,31)(H,25,28,29). The van der Waals surface area contributed by atoms with Gasteiger partial charge in [-0.2, -0.15) is 0 Å². The van der Waals surface area contributed by atoms with E-state index in [2.05, 4.69) is 31.2 Å². The molecule has 1 saturated heterocycles. The van der Waals surface area contributed by atoms with Gasteiger partial charge in [0.15, 0.2) is 0 Å². The second kappa shape index (κ2) is 9.80. The van der Waals surface area contributed by atoms with E-state index < -0.39 is 0 Å². The zero-order valence-electron chi connectivity index (χ0n) is 17.4. The molecule has 0 unspecified atom stereocenters. The zero-order valence-corrected chi connectivity index (χ0v) is 18.2. The molecule has 4 rings (SSSR count). The van der Waals surface area contributed by atoms with E-state index in [9.17, 15) is 9.59 Å².